The number of hydrogen-bond donors (Lipinski definition) is 1. The number of thioether (sulfide) groups is 1. The minimum Gasteiger partial charge on any atom is -0.359 e. The van der Waals surface area contributed by atoms with Crippen molar-refractivity contribution in [2.24, 2.45) is 10.9 Å². The zero-order chi connectivity index (χ0) is 12.6. The van der Waals surface area contributed by atoms with Crippen LogP contribution in [0.25, 0.3) is 0 Å². The normalized spacial score (nSPS) is 40.1. The number of nitrogens with one attached hydrogen (secondary N) is 1. The minimum atomic E-state index is 0.317. The molecule has 0 aromatic heterocycles. The predicted octanol–water partition coefficient (Wildman–Crippen LogP) is 2.33. The molecule has 4 heteroatoms. The van der Waals surface area contributed by atoms with Crippen LogP contribution in [0.5, 0.6) is 0 Å². The largest absolute Gasteiger partial charge is 0.359 e. The molecule has 4 rings (SSSR count). The van der Waals surface area contributed by atoms with Crippen LogP contribution in [0.1, 0.15) is 39.5 Å². The lowest BCUT2D eigenvalue weighted by atomic mass is 9.84. The van der Waals surface area contributed by atoms with Gasteiger partial charge in [-0.25, -0.2) is 0 Å². The molecule has 0 saturated carbocycles. The molecule has 1 N–H and O–H groups in total. The van der Waals surface area contributed by atoms with E-state index in [1.165, 1.54) is 56.2 Å². The van der Waals surface area contributed by atoms with E-state index in [4.69, 9.17) is 4.99 Å². The number of fused-ring (bicyclic) bond motifs is 3. The summed E-state index contributed by atoms with van der Waals surface area (Å²) in [4.78, 5) is 7.62. The Hall–Kier alpha value is -0.220. The molecule has 0 amide bonds. The summed E-state index contributed by atoms with van der Waals surface area (Å²) in [6.45, 7) is 8.38. The van der Waals surface area contributed by atoms with Crippen molar-refractivity contribution in [1.29, 1.82) is 0 Å². The zero-order valence-corrected chi connectivity index (χ0v) is 12.4. The molecule has 2 bridgehead atoms. The van der Waals surface area contributed by atoms with Gasteiger partial charge in [-0.1, -0.05) is 25.6 Å². The Bertz CT molecular complexity index is 330. The SMILES string of the molecule is CCC1(CC)CSC(=NC2CN3CCC2CC3)N1. The Morgan fingerprint density at radius 2 is 2.06 bits per heavy atom. The van der Waals surface area contributed by atoms with E-state index in [1.54, 1.807) is 0 Å². The molecule has 0 aromatic carbocycles. The number of aliphatic imine (C=N–C) groups is 1. The highest BCUT2D eigenvalue weighted by atomic mass is 32.2. The molecule has 0 radical (unpaired) electrons. The van der Waals surface area contributed by atoms with Gasteiger partial charge in [0, 0.05) is 17.8 Å². The smallest absolute Gasteiger partial charge is 0.157 e. The number of nitrogens with zero attached hydrogens (tertiary/aromatic N) is 2. The van der Waals surface area contributed by atoms with Gasteiger partial charge in [0.15, 0.2) is 5.17 Å². The first-order valence-electron chi connectivity index (χ1n) is 7.46. The van der Waals surface area contributed by atoms with Crippen LogP contribution in [0.2, 0.25) is 0 Å². The van der Waals surface area contributed by atoms with Crippen molar-refractivity contribution in [1.82, 2.24) is 10.2 Å². The third-order valence-electron chi connectivity index (χ3n) is 5.12. The highest BCUT2D eigenvalue weighted by Crippen LogP contribution is 2.33. The molecular formula is C14H25N3S. The first-order valence-corrected chi connectivity index (χ1v) is 8.44. The molecule has 0 spiro atoms. The van der Waals surface area contributed by atoms with E-state index in [-0.39, 0.29) is 0 Å². The number of amidine groups is 1. The van der Waals surface area contributed by atoms with Gasteiger partial charge in [-0.05, 0) is 44.7 Å². The van der Waals surface area contributed by atoms with Crippen molar-refractivity contribution >= 4 is 16.9 Å². The van der Waals surface area contributed by atoms with Crippen LogP contribution in [0, 0.1) is 5.92 Å². The molecule has 18 heavy (non-hydrogen) atoms. The number of rotatable bonds is 3. The molecule has 4 saturated heterocycles. The lowest BCUT2D eigenvalue weighted by Gasteiger charge is -2.43. The predicted molar refractivity (Wildman–Crippen MR) is 79.3 cm³/mol. The molecule has 4 aliphatic rings. The van der Waals surface area contributed by atoms with Gasteiger partial charge >= 0.3 is 0 Å². The van der Waals surface area contributed by atoms with E-state index in [0.29, 0.717) is 11.6 Å². The molecule has 4 fully saturated rings. The molecule has 3 nitrogen and oxygen atoms in total. The van der Waals surface area contributed by atoms with Gasteiger partial charge < -0.3 is 10.2 Å². The summed E-state index contributed by atoms with van der Waals surface area (Å²) in [7, 11) is 0. The maximum absolute atomic E-state index is 5.04. The second-order valence-electron chi connectivity index (χ2n) is 6.04. The minimum absolute atomic E-state index is 0.317. The maximum atomic E-state index is 5.04. The van der Waals surface area contributed by atoms with Crippen LogP contribution in [0.3, 0.4) is 0 Å². The highest BCUT2D eigenvalue weighted by molar-refractivity contribution is 8.14. The van der Waals surface area contributed by atoms with Crippen molar-refractivity contribution in [2.75, 3.05) is 25.4 Å². The van der Waals surface area contributed by atoms with Gasteiger partial charge in [-0.15, -0.1) is 0 Å². The van der Waals surface area contributed by atoms with Crippen LogP contribution >= 0.6 is 11.8 Å². The molecule has 102 valence electrons. The van der Waals surface area contributed by atoms with Gasteiger partial charge in [0.2, 0.25) is 0 Å². The van der Waals surface area contributed by atoms with Gasteiger partial charge in [0.1, 0.15) is 0 Å². The van der Waals surface area contributed by atoms with Crippen LogP contribution in [-0.2, 0) is 0 Å². The average molecular weight is 267 g/mol. The molecule has 1 atom stereocenters. The fourth-order valence-electron chi connectivity index (χ4n) is 3.44. The molecule has 0 aliphatic carbocycles. The van der Waals surface area contributed by atoms with E-state index in [1.807, 2.05) is 11.8 Å². The molecule has 4 aliphatic heterocycles. The summed E-state index contributed by atoms with van der Waals surface area (Å²) >= 11 is 1.94. The Morgan fingerprint density at radius 1 is 1.33 bits per heavy atom. The molecular weight excluding hydrogens is 242 g/mol. The summed E-state index contributed by atoms with van der Waals surface area (Å²) in [5.41, 5.74) is 0.317. The first kappa shape index (κ1) is 12.8. The summed E-state index contributed by atoms with van der Waals surface area (Å²) in [6.07, 6.45) is 5.13. The van der Waals surface area contributed by atoms with Crippen molar-refractivity contribution < 1.29 is 0 Å². The van der Waals surface area contributed by atoms with Crippen molar-refractivity contribution in [3.63, 3.8) is 0 Å². The number of hydrogen-bond acceptors (Lipinski definition) is 3. The monoisotopic (exact) mass is 267 g/mol. The molecule has 0 aromatic rings. The average Bonchev–Trinajstić information content (AvgIpc) is 2.84. The van der Waals surface area contributed by atoms with Gasteiger partial charge in [0.05, 0.1) is 6.04 Å². The third-order valence-corrected chi connectivity index (χ3v) is 6.29. The summed E-state index contributed by atoms with van der Waals surface area (Å²) in [6, 6.07) is 0.562. The fourth-order valence-corrected chi connectivity index (χ4v) is 4.83. The third kappa shape index (κ3) is 2.29. The highest BCUT2D eigenvalue weighted by Gasteiger charge is 2.37. The Labute approximate surface area is 115 Å². The van der Waals surface area contributed by atoms with Crippen molar-refractivity contribution in [3.8, 4) is 0 Å². The number of piperidine rings is 3. The summed E-state index contributed by atoms with van der Waals surface area (Å²) in [5.74, 6) is 2.04. The molecule has 4 heterocycles. The first-order chi connectivity index (χ1) is 8.74. The van der Waals surface area contributed by atoms with E-state index in [0.717, 1.165) is 5.92 Å². The van der Waals surface area contributed by atoms with Gasteiger partial charge in [0.25, 0.3) is 0 Å². The Kier molecular flexibility index (Phi) is 3.59. The van der Waals surface area contributed by atoms with E-state index in [2.05, 4.69) is 24.1 Å². The quantitative estimate of drug-likeness (QED) is 0.850. The van der Waals surface area contributed by atoms with Crippen molar-refractivity contribution in [2.45, 2.75) is 51.1 Å². The van der Waals surface area contributed by atoms with Crippen LogP contribution in [0.15, 0.2) is 4.99 Å². The zero-order valence-electron chi connectivity index (χ0n) is 11.6. The van der Waals surface area contributed by atoms with Gasteiger partial charge in [-0.3, -0.25) is 4.99 Å². The second kappa shape index (κ2) is 5.04. The van der Waals surface area contributed by atoms with E-state index >= 15 is 0 Å². The van der Waals surface area contributed by atoms with Crippen molar-refractivity contribution in [3.05, 3.63) is 0 Å². The Balaban J connectivity index is 1.67. The maximum Gasteiger partial charge on any atom is 0.157 e. The molecule has 1 unspecified atom stereocenters. The van der Waals surface area contributed by atoms with E-state index in [9.17, 15) is 0 Å². The standard InChI is InChI=1S/C14H25N3S/c1-3-14(4-2)10-18-13(16-14)15-12-9-17-7-5-11(12)6-8-17/h11-12H,3-10H2,1-2H3,(H,15,16). The van der Waals surface area contributed by atoms with Gasteiger partial charge in [-0.2, -0.15) is 0 Å². The summed E-state index contributed by atoms with van der Waals surface area (Å²) < 4.78 is 0. The van der Waals surface area contributed by atoms with Crippen LogP contribution in [0.4, 0.5) is 0 Å². The van der Waals surface area contributed by atoms with E-state index < -0.39 is 0 Å². The lowest BCUT2D eigenvalue weighted by Crippen LogP contribution is -2.50. The second-order valence-corrected chi connectivity index (χ2v) is 7.00. The fraction of sp³-hybridized carbons (Fsp3) is 0.929. The van der Waals surface area contributed by atoms with Crippen LogP contribution < -0.4 is 5.32 Å². The van der Waals surface area contributed by atoms with Crippen LogP contribution in [-0.4, -0.2) is 47.0 Å². The topological polar surface area (TPSA) is 27.6 Å². The summed E-state index contributed by atoms with van der Waals surface area (Å²) in [5, 5.41) is 4.92. The lowest BCUT2D eigenvalue weighted by molar-refractivity contribution is 0.0905. The Morgan fingerprint density at radius 3 is 2.56 bits per heavy atom.